The van der Waals surface area contributed by atoms with Crippen molar-refractivity contribution in [1.82, 2.24) is 0 Å². The summed E-state index contributed by atoms with van der Waals surface area (Å²) in [5, 5.41) is 13.6. The van der Waals surface area contributed by atoms with Crippen LogP contribution >= 0.6 is 0 Å². The molecule has 2 rings (SSSR count). The van der Waals surface area contributed by atoms with E-state index in [0.29, 0.717) is 11.3 Å². The Bertz CT molecular complexity index is 617. The summed E-state index contributed by atoms with van der Waals surface area (Å²) in [5.41, 5.74) is 6.61. The van der Waals surface area contributed by atoms with E-state index in [-0.39, 0.29) is 23.7 Å². The van der Waals surface area contributed by atoms with Crippen LogP contribution in [0.3, 0.4) is 0 Å². The fourth-order valence-electron chi connectivity index (χ4n) is 1.67. The number of hydrogen-bond donors (Lipinski definition) is 2. The van der Waals surface area contributed by atoms with Gasteiger partial charge in [-0.15, -0.1) is 0 Å². The first kappa shape index (κ1) is 12.8. The number of anilines is 2. The minimum atomic E-state index is -0.546. The van der Waals surface area contributed by atoms with Gasteiger partial charge in [0, 0.05) is 23.9 Å². The zero-order valence-electron chi connectivity index (χ0n) is 9.97. The molecule has 19 heavy (non-hydrogen) atoms. The molecule has 98 valence electrons. The van der Waals surface area contributed by atoms with Crippen molar-refractivity contribution in [3.05, 3.63) is 64.0 Å². The smallest absolute Gasteiger partial charge is 0.292 e. The lowest BCUT2D eigenvalue weighted by molar-refractivity contribution is -0.383. The third kappa shape index (κ3) is 2.98. The van der Waals surface area contributed by atoms with Gasteiger partial charge in [0.2, 0.25) is 0 Å². The highest BCUT2D eigenvalue weighted by Gasteiger charge is 2.11. The average molecular weight is 261 g/mol. The Morgan fingerprint density at radius 2 is 2.00 bits per heavy atom. The molecule has 0 heterocycles. The second kappa shape index (κ2) is 5.34. The molecule has 0 atom stereocenters. The second-order valence-corrected chi connectivity index (χ2v) is 3.98. The number of hydrogen-bond acceptors (Lipinski definition) is 4. The van der Waals surface area contributed by atoms with Gasteiger partial charge in [0.25, 0.3) is 5.69 Å². The van der Waals surface area contributed by atoms with E-state index >= 15 is 0 Å². The summed E-state index contributed by atoms with van der Waals surface area (Å²) in [6.07, 6.45) is 0. The van der Waals surface area contributed by atoms with Crippen molar-refractivity contribution in [3.8, 4) is 0 Å². The molecule has 0 saturated heterocycles. The third-order valence-corrected chi connectivity index (χ3v) is 2.67. The van der Waals surface area contributed by atoms with Gasteiger partial charge < -0.3 is 11.1 Å². The molecule has 0 bridgehead atoms. The quantitative estimate of drug-likeness (QED) is 0.503. The fourth-order valence-corrected chi connectivity index (χ4v) is 1.67. The fraction of sp³-hybridized carbons (Fsp3) is 0.0769. The van der Waals surface area contributed by atoms with Gasteiger partial charge in [0.15, 0.2) is 0 Å². The molecule has 0 aromatic heterocycles. The third-order valence-electron chi connectivity index (χ3n) is 2.67. The number of nitro groups is 1. The van der Waals surface area contributed by atoms with Crippen molar-refractivity contribution in [2.45, 2.75) is 6.54 Å². The van der Waals surface area contributed by atoms with Crippen molar-refractivity contribution >= 4 is 17.1 Å². The van der Waals surface area contributed by atoms with Crippen LogP contribution in [0.25, 0.3) is 0 Å². The van der Waals surface area contributed by atoms with Gasteiger partial charge in [-0.3, -0.25) is 10.1 Å². The monoisotopic (exact) mass is 261 g/mol. The van der Waals surface area contributed by atoms with Gasteiger partial charge in [0.05, 0.1) is 4.92 Å². The van der Waals surface area contributed by atoms with Gasteiger partial charge >= 0.3 is 0 Å². The molecule has 3 N–H and O–H groups in total. The van der Waals surface area contributed by atoms with Crippen molar-refractivity contribution in [3.63, 3.8) is 0 Å². The van der Waals surface area contributed by atoms with Gasteiger partial charge in [0.1, 0.15) is 11.5 Å². The van der Waals surface area contributed by atoms with Crippen LogP contribution in [0.1, 0.15) is 5.56 Å². The number of benzene rings is 2. The van der Waals surface area contributed by atoms with Crippen LogP contribution in [-0.4, -0.2) is 4.92 Å². The van der Waals surface area contributed by atoms with Gasteiger partial charge in [-0.1, -0.05) is 18.2 Å². The molecule has 0 radical (unpaired) electrons. The zero-order valence-corrected chi connectivity index (χ0v) is 9.97. The van der Waals surface area contributed by atoms with E-state index in [4.69, 9.17) is 5.73 Å². The van der Waals surface area contributed by atoms with E-state index < -0.39 is 4.92 Å². The van der Waals surface area contributed by atoms with Crippen LogP contribution in [0.4, 0.5) is 21.5 Å². The molecule has 0 aliphatic rings. The molecule has 0 amide bonds. The molecular formula is C13H12FN3O2. The first-order valence-electron chi connectivity index (χ1n) is 5.59. The maximum Gasteiger partial charge on any atom is 0.292 e. The molecule has 5 nitrogen and oxygen atoms in total. The lowest BCUT2D eigenvalue weighted by Gasteiger charge is -2.08. The number of nitro benzene ring substituents is 1. The van der Waals surface area contributed by atoms with Gasteiger partial charge in [-0.05, 0) is 18.2 Å². The summed E-state index contributed by atoms with van der Waals surface area (Å²) in [5.74, 6) is -0.301. The van der Waals surface area contributed by atoms with Crippen LogP contribution in [0.15, 0.2) is 42.5 Å². The maximum absolute atomic E-state index is 13.4. The van der Waals surface area contributed by atoms with Crippen molar-refractivity contribution in [2.24, 2.45) is 0 Å². The molecule has 2 aromatic rings. The molecule has 6 heteroatoms. The molecule has 0 unspecified atom stereocenters. The van der Waals surface area contributed by atoms with E-state index in [1.807, 2.05) is 0 Å². The first-order valence-corrected chi connectivity index (χ1v) is 5.59. The summed E-state index contributed by atoms with van der Waals surface area (Å²) in [6, 6.07) is 10.7. The van der Waals surface area contributed by atoms with Crippen molar-refractivity contribution < 1.29 is 9.31 Å². The lowest BCUT2D eigenvalue weighted by Crippen LogP contribution is -2.03. The highest BCUT2D eigenvalue weighted by atomic mass is 19.1. The normalized spacial score (nSPS) is 10.2. The van der Waals surface area contributed by atoms with E-state index in [1.54, 1.807) is 18.2 Å². The summed E-state index contributed by atoms with van der Waals surface area (Å²) >= 11 is 0. The van der Waals surface area contributed by atoms with Crippen LogP contribution in [0.5, 0.6) is 0 Å². The Morgan fingerprint density at radius 3 is 2.63 bits per heavy atom. The summed E-state index contributed by atoms with van der Waals surface area (Å²) in [7, 11) is 0. The SMILES string of the molecule is Nc1cc(NCc2ccccc2F)ccc1[N+](=O)[O-]. The Balaban J connectivity index is 2.11. The van der Waals surface area contributed by atoms with Crippen LogP contribution in [-0.2, 0) is 6.54 Å². The minimum absolute atomic E-state index is 0.0727. The highest BCUT2D eigenvalue weighted by molar-refractivity contribution is 5.65. The molecule has 0 fully saturated rings. The van der Waals surface area contributed by atoms with E-state index in [9.17, 15) is 14.5 Å². The van der Waals surface area contributed by atoms with Crippen LogP contribution in [0, 0.1) is 15.9 Å². The van der Waals surface area contributed by atoms with Gasteiger partial charge in [-0.2, -0.15) is 0 Å². The summed E-state index contributed by atoms with van der Waals surface area (Å²) in [4.78, 5) is 10.1. The van der Waals surface area contributed by atoms with Crippen molar-refractivity contribution in [2.75, 3.05) is 11.1 Å². The van der Waals surface area contributed by atoms with E-state index in [1.165, 1.54) is 24.3 Å². The Morgan fingerprint density at radius 1 is 1.26 bits per heavy atom. The molecular weight excluding hydrogens is 249 g/mol. The molecule has 0 aliphatic heterocycles. The number of nitrogens with two attached hydrogens (primary N) is 1. The lowest BCUT2D eigenvalue weighted by atomic mass is 10.2. The van der Waals surface area contributed by atoms with E-state index in [2.05, 4.69) is 5.32 Å². The summed E-state index contributed by atoms with van der Waals surface area (Å²) in [6.45, 7) is 0.282. The minimum Gasteiger partial charge on any atom is -0.393 e. The largest absolute Gasteiger partial charge is 0.393 e. The second-order valence-electron chi connectivity index (χ2n) is 3.98. The number of nitrogens with zero attached hydrogens (tertiary/aromatic N) is 1. The molecule has 0 aliphatic carbocycles. The average Bonchev–Trinajstić information content (AvgIpc) is 2.37. The molecule has 2 aromatic carbocycles. The van der Waals surface area contributed by atoms with E-state index in [0.717, 1.165) is 0 Å². The standard InChI is InChI=1S/C13H12FN3O2/c14-11-4-2-1-3-9(11)8-16-10-5-6-13(17(18)19)12(15)7-10/h1-7,16H,8,15H2. The van der Waals surface area contributed by atoms with Crippen LogP contribution < -0.4 is 11.1 Å². The topological polar surface area (TPSA) is 81.2 Å². The van der Waals surface area contributed by atoms with Gasteiger partial charge in [-0.25, -0.2) is 4.39 Å². The number of nitrogen functional groups attached to an aromatic ring is 1. The first-order chi connectivity index (χ1) is 9.08. The predicted molar refractivity (Wildman–Crippen MR) is 71.2 cm³/mol. The highest BCUT2D eigenvalue weighted by Crippen LogP contribution is 2.25. The predicted octanol–water partition coefficient (Wildman–Crippen LogP) is 2.93. The molecule has 0 saturated carbocycles. The number of nitrogens with one attached hydrogen (secondary N) is 1. The maximum atomic E-state index is 13.4. The Labute approximate surface area is 109 Å². The Hall–Kier alpha value is -2.63. The summed E-state index contributed by atoms with van der Waals surface area (Å²) < 4.78 is 13.4. The number of rotatable bonds is 4. The Kier molecular flexibility index (Phi) is 3.61. The molecule has 0 spiro atoms. The number of halogens is 1. The van der Waals surface area contributed by atoms with Crippen molar-refractivity contribution in [1.29, 1.82) is 0 Å². The zero-order chi connectivity index (χ0) is 13.8. The van der Waals surface area contributed by atoms with Crippen LogP contribution in [0.2, 0.25) is 0 Å².